The van der Waals surface area contributed by atoms with E-state index in [0.717, 1.165) is 6.54 Å². The van der Waals surface area contributed by atoms with Crippen LogP contribution in [0.5, 0.6) is 5.75 Å². The zero-order valence-corrected chi connectivity index (χ0v) is 14.0. The Labute approximate surface area is 128 Å². The van der Waals surface area contributed by atoms with Gasteiger partial charge < -0.3 is 9.84 Å². The summed E-state index contributed by atoms with van der Waals surface area (Å²) in [5.41, 5.74) is 0.246. The number of rotatable bonds is 7. The number of aromatic carboxylic acids is 1. The molecule has 112 valence electrons. The zero-order chi connectivity index (χ0) is 15.3. The average Bonchev–Trinajstić information content (AvgIpc) is 2.34. The molecule has 0 aliphatic heterocycles. The predicted molar refractivity (Wildman–Crippen MR) is 83.6 cm³/mol. The molecule has 0 unspecified atom stereocenters. The van der Waals surface area contributed by atoms with Crippen LogP contribution in [0.4, 0.5) is 0 Å². The summed E-state index contributed by atoms with van der Waals surface area (Å²) in [6, 6.07) is 5.72. The molecule has 1 rings (SSSR count). The Morgan fingerprint density at radius 1 is 1.30 bits per heavy atom. The molecule has 1 N–H and O–H groups in total. The number of nitrogens with zero attached hydrogens (tertiary/aromatic N) is 1. The van der Waals surface area contributed by atoms with E-state index in [9.17, 15) is 4.79 Å². The number of ether oxygens (including phenoxy) is 1. The lowest BCUT2D eigenvalue weighted by Crippen LogP contribution is -2.39. The van der Waals surface area contributed by atoms with Crippen LogP contribution in [0.15, 0.2) is 22.7 Å². The fourth-order valence-corrected chi connectivity index (χ4v) is 2.62. The minimum absolute atomic E-state index is 0.246. The Hall–Kier alpha value is -1.07. The number of hydrogen-bond acceptors (Lipinski definition) is 3. The zero-order valence-electron chi connectivity index (χ0n) is 12.4. The first kappa shape index (κ1) is 17.0. The van der Waals surface area contributed by atoms with Crippen molar-refractivity contribution in [3.8, 4) is 5.75 Å². The van der Waals surface area contributed by atoms with Gasteiger partial charge in [-0.15, -0.1) is 0 Å². The van der Waals surface area contributed by atoms with Crippen LogP contribution >= 0.6 is 15.9 Å². The lowest BCUT2D eigenvalue weighted by Gasteiger charge is -2.30. The van der Waals surface area contributed by atoms with Crippen molar-refractivity contribution < 1.29 is 14.6 Å². The van der Waals surface area contributed by atoms with Crippen LogP contribution in [0, 0.1) is 0 Å². The highest BCUT2D eigenvalue weighted by atomic mass is 79.9. The molecule has 0 atom stereocenters. The molecule has 0 bridgehead atoms. The van der Waals surface area contributed by atoms with Crippen LogP contribution in [0.1, 0.15) is 38.1 Å². The van der Waals surface area contributed by atoms with Gasteiger partial charge in [0.05, 0.1) is 10.0 Å². The third-order valence-corrected chi connectivity index (χ3v) is 3.73. The van der Waals surface area contributed by atoms with Crippen molar-refractivity contribution in [2.75, 3.05) is 13.2 Å². The molecule has 0 amide bonds. The summed E-state index contributed by atoms with van der Waals surface area (Å²) in [4.78, 5) is 13.2. The van der Waals surface area contributed by atoms with E-state index in [2.05, 4.69) is 48.5 Å². The van der Waals surface area contributed by atoms with E-state index in [0.29, 0.717) is 28.9 Å². The molecule has 0 spiro atoms. The molecule has 0 aliphatic rings. The van der Waals surface area contributed by atoms with Crippen LogP contribution in [-0.2, 0) is 0 Å². The topological polar surface area (TPSA) is 49.8 Å². The molecule has 4 nitrogen and oxygen atoms in total. The van der Waals surface area contributed by atoms with E-state index in [1.807, 2.05) is 0 Å². The molecular weight excluding hydrogens is 322 g/mol. The Morgan fingerprint density at radius 2 is 1.90 bits per heavy atom. The summed E-state index contributed by atoms with van der Waals surface area (Å²) in [5, 5.41) is 8.90. The second-order valence-corrected chi connectivity index (χ2v) is 6.08. The van der Waals surface area contributed by atoms with Crippen molar-refractivity contribution in [2.45, 2.75) is 39.8 Å². The van der Waals surface area contributed by atoms with Crippen molar-refractivity contribution in [2.24, 2.45) is 0 Å². The van der Waals surface area contributed by atoms with Gasteiger partial charge in [0.15, 0.2) is 0 Å². The lowest BCUT2D eigenvalue weighted by atomic mass is 10.2. The lowest BCUT2D eigenvalue weighted by molar-refractivity contribution is 0.0696. The Kier molecular flexibility index (Phi) is 6.49. The third-order valence-electron chi connectivity index (χ3n) is 3.11. The maximum absolute atomic E-state index is 10.8. The van der Waals surface area contributed by atoms with Crippen molar-refractivity contribution in [1.82, 2.24) is 4.90 Å². The van der Waals surface area contributed by atoms with Crippen LogP contribution in [0.2, 0.25) is 0 Å². The maximum Gasteiger partial charge on any atom is 0.335 e. The summed E-state index contributed by atoms with van der Waals surface area (Å²) in [6.45, 7) is 10.1. The van der Waals surface area contributed by atoms with E-state index in [-0.39, 0.29) is 5.56 Å². The molecule has 1 aromatic carbocycles. The smallest absolute Gasteiger partial charge is 0.335 e. The summed E-state index contributed by atoms with van der Waals surface area (Å²) >= 11 is 3.34. The Balaban J connectivity index is 2.60. The van der Waals surface area contributed by atoms with Crippen molar-refractivity contribution in [3.05, 3.63) is 28.2 Å². The number of carboxylic acid groups (broad SMARTS) is 1. The van der Waals surface area contributed by atoms with Gasteiger partial charge in [-0.3, -0.25) is 4.90 Å². The summed E-state index contributed by atoms with van der Waals surface area (Å²) in [7, 11) is 0. The van der Waals surface area contributed by atoms with Gasteiger partial charge in [-0.05, 0) is 61.8 Å². The van der Waals surface area contributed by atoms with E-state index in [1.54, 1.807) is 18.2 Å². The minimum Gasteiger partial charge on any atom is -0.491 e. The number of halogens is 1. The normalized spacial score (nSPS) is 11.4. The van der Waals surface area contributed by atoms with Crippen LogP contribution in [0.3, 0.4) is 0 Å². The SMILES string of the molecule is CC(C)N(CCOc1ccc(C(=O)O)cc1Br)C(C)C. The first-order valence-electron chi connectivity index (χ1n) is 6.74. The van der Waals surface area contributed by atoms with Crippen molar-refractivity contribution in [1.29, 1.82) is 0 Å². The van der Waals surface area contributed by atoms with Gasteiger partial charge in [0.2, 0.25) is 0 Å². The Bertz CT molecular complexity index is 452. The standard InChI is InChI=1S/C15H22BrNO3/c1-10(2)17(11(3)4)7-8-20-14-6-5-12(15(18)19)9-13(14)16/h5-6,9-11H,7-8H2,1-4H3,(H,18,19). The van der Waals surface area contributed by atoms with E-state index in [1.165, 1.54) is 0 Å². The van der Waals surface area contributed by atoms with Gasteiger partial charge in [0, 0.05) is 18.6 Å². The second kappa shape index (κ2) is 7.64. The summed E-state index contributed by atoms with van der Waals surface area (Å²) in [5.74, 6) is -0.273. The number of hydrogen-bond donors (Lipinski definition) is 1. The van der Waals surface area contributed by atoms with Crippen LogP contribution in [0.25, 0.3) is 0 Å². The van der Waals surface area contributed by atoms with E-state index in [4.69, 9.17) is 9.84 Å². The first-order chi connectivity index (χ1) is 9.32. The molecule has 0 aromatic heterocycles. The van der Waals surface area contributed by atoms with Crippen molar-refractivity contribution in [3.63, 3.8) is 0 Å². The fourth-order valence-electron chi connectivity index (χ4n) is 2.12. The molecule has 5 heteroatoms. The maximum atomic E-state index is 10.8. The van der Waals surface area contributed by atoms with Gasteiger partial charge in [-0.1, -0.05) is 0 Å². The molecule has 20 heavy (non-hydrogen) atoms. The summed E-state index contributed by atoms with van der Waals surface area (Å²) in [6.07, 6.45) is 0. The number of carboxylic acids is 1. The quantitative estimate of drug-likeness (QED) is 0.820. The second-order valence-electron chi connectivity index (χ2n) is 5.22. The fraction of sp³-hybridized carbons (Fsp3) is 0.533. The highest BCUT2D eigenvalue weighted by Gasteiger charge is 2.13. The monoisotopic (exact) mass is 343 g/mol. The molecule has 1 aromatic rings. The average molecular weight is 344 g/mol. The van der Waals surface area contributed by atoms with Gasteiger partial charge in [-0.2, -0.15) is 0 Å². The van der Waals surface area contributed by atoms with Crippen LogP contribution < -0.4 is 4.74 Å². The molecule has 0 saturated carbocycles. The molecule has 0 fully saturated rings. The largest absolute Gasteiger partial charge is 0.491 e. The highest BCUT2D eigenvalue weighted by molar-refractivity contribution is 9.10. The van der Waals surface area contributed by atoms with Crippen LogP contribution in [-0.4, -0.2) is 41.2 Å². The third kappa shape index (κ3) is 4.80. The van der Waals surface area contributed by atoms with E-state index >= 15 is 0 Å². The summed E-state index contributed by atoms with van der Waals surface area (Å²) < 4.78 is 6.39. The van der Waals surface area contributed by atoms with E-state index < -0.39 is 5.97 Å². The molecule has 0 aliphatic carbocycles. The minimum atomic E-state index is -0.942. The molecule has 0 heterocycles. The molecular formula is C15H22BrNO3. The highest BCUT2D eigenvalue weighted by Crippen LogP contribution is 2.26. The Morgan fingerprint density at radius 3 is 2.35 bits per heavy atom. The van der Waals surface area contributed by atoms with Gasteiger partial charge >= 0.3 is 5.97 Å². The number of benzene rings is 1. The predicted octanol–water partition coefficient (Wildman–Crippen LogP) is 3.64. The van der Waals surface area contributed by atoms with Gasteiger partial charge in [0.25, 0.3) is 0 Å². The van der Waals surface area contributed by atoms with Gasteiger partial charge in [-0.25, -0.2) is 4.79 Å². The number of carbonyl (C=O) groups is 1. The molecule has 0 saturated heterocycles. The first-order valence-corrected chi connectivity index (χ1v) is 7.53. The van der Waals surface area contributed by atoms with Crippen molar-refractivity contribution >= 4 is 21.9 Å². The molecule has 0 radical (unpaired) electrons. The van der Waals surface area contributed by atoms with Gasteiger partial charge in [0.1, 0.15) is 12.4 Å².